The zero-order chi connectivity index (χ0) is 21.2. The summed E-state index contributed by atoms with van der Waals surface area (Å²) >= 11 is 7.34. The second kappa shape index (κ2) is 11.7. The lowest BCUT2D eigenvalue weighted by Gasteiger charge is -2.29. The topological polar surface area (TPSA) is 58.6 Å². The summed E-state index contributed by atoms with van der Waals surface area (Å²) in [5, 5.41) is 3.53. The minimum absolute atomic E-state index is 0.105. The highest BCUT2D eigenvalue weighted by Crippen LogP contribution is 2.22. The molecular formula is C22H27ClN2O3S. The van der Waals surface area contributed by atoms with Crippen LogP contribution >= 0.6 is 23.4 Å². The fraction of sp³-hybridized carbons (Fsp3) is 0.364. The predicted octanol–water partition coefficient (Wildman–Crippen LogP) is 4.38. The van der Waals surface area contributed by atoms with Crippen LogP contribution < -0.4 is 10.1 Å². The molecule has 0 unspecified atom stereocenters. The van der Waals surface area contributed by atoms with Crippen LogP contribution in [0.25, 0.3) is 0 Å². The molecule has 0 aliphatic heterocycles. The van der Waals surface area contributed by atoms with Crippen molar-refractivity contribution in [2.75, 3.05) is 19.4 Å². The molecule has 2 amide bonds. The van der Waals surface area contributed by atoms with Gasteiger partial charge in [-0.1, -0.05) is 30.7 Å². The van der Waals surface area contributed by atoms with Crippen molar-refractivity contribution in [2.45, 2.75) is 37.8 Å². The number of methoxy groups -OCH3 is 1. The fourth-order valence-electron chi connectivity index (χ4n) is 2.70. The van der Waals surface area contributed by atoms with Crippen molar-refractivity contribution < 1.29 is 14.3 Å². The van der Waals surface area contributed by atoms with E-state index in [9.17, 15) is 9.59 Å². The summed E-state index contributed by atoms with van der Waals surface area (Å²) in [6.07, 6.45) is 0.842. The Kier molecular flexibility index (Phi) is 9.35. The second-order valence-electron chi connectivity index (χ2n) is 6.58. The fourth-order valence-corrected chi connectivity index (χ4v) is 3.62. The smallest absolute Gasteiger partial charge is 0.242 e. The summed E-state index contributed by atoms with van der Waals surface area (Å²) in [4.78, 5) is 28.1. The normalized spacial score (nSPS) is 11.6. The first kappa shape index (κ1) is 23.1. The van der Waals surface area contributed by atoms with Gasteiger partial charge in [0.05, 0.1) is 12.9 Å². The summed E-state index contributed by atoms with van der Waals surface area (Å²) < 4.78 is 5.28. The Bertz CT molecular complexity index is 814. The van der Waals surface area contributed by atoms with Crippen LogP contribution in [0.3, 0.4) is 0 Å². The molecule has 5 nitrogen and oxygen atoms in total. The van der Waals surface area contributed by atoms with Crippen molar-refractivity contribution in [3.05, 3.63) is 59.1 Å². The number of ether oxygens (including phenoxy) is 1. The third kappa shape index (κ3) is 7.29. The third-order valence-electron chi connectivity index (χ3n) is 4.38. The minimum atomic E-state index is -0.578. The molecule has 0 heterocycles. The Labute approximate surface area is 181 Å². The molecule has 0 fully saturated rings. The quantitative estimate of drug-likeness (QED) is 0.563. The highest BCUT2D eigenvalue weighted by atomic mass is 35.5. The SMILES string of the molecule is CCCNC(=O)[C@@H](C)N(Cc1cccc(OC)c1)C(=O)CSc1ccc(Cl)cc1. The van der Waals surface area contributed by atoms with Gasteiger partial charge < -0.3 is 15.0 Å². The monoisotopic (exact) mass is 434 g/mol. The lowest BCUT2D eigenvalue weighted by molar-refractivity contribution is -0.138. The molecule has 0 spiro atoms. The predicted molar refractivity (Wildman–Crippen MR) is 118 cm³/mol. The Morgan fingerprint density at radius 2 is 1.93 bits per heavy atom. The zero-order valence-electron chi connectivity index (χ0n) is 17.0. The van der Waals surface area contributed by atoms with Gasteiger partial charge in [0.2, 0.25) is 11.8 Å². The van der Waals surface area contributed by atoms with Crippen LogP contribution in [0.5, 0.6) is 5.75 Å². The summed E-state index contributed by atoms with van der Waals surface area (Å²) in [6.45, 7) is 4.67. The molecule has 0 bridgehead atoms. The maximum Gasteiger partial charge on any atom is 0.242 e. The van der Waals surface area contributed by atoms with Crippen molar-refractivity contribution in [2.24, 2.45) is 0 Å². The molecule has 2 aromatic carbocycles. The maximum absolute atomic E-state index is 13.0. The van der Waals surface area contributed by atoms with E-state index in [0.29, 0.717) is 23.9 Å². The Morgan fingerprint density at radius 3 is 2.59 bits per heavy atom. The maximum atomic E-state index is 13.0. The van der Waals surface area contributed by atoms with Crippen LogP contribution in [0.2, 0.25) is 5.02 Å². The molecule has 0 radical (unpaired) electrons. The molecule has 0 aliphatic rings. The number of carbonyl (C=O) groups is 2. The van der Waals surface area contributed by atoms with E-state index < -0.39 is 6.04 Å². The van der Waals surface area contributed by atoms with Gasteiger partial charge in [0.15, 0.2) is 0 Å². The van der Waals surface area contributed by atoms with E-state index in [2.05, 4.69) is 5.32 Å². The van der Waals surface area contributed by atoms with Crippen LogP contribution in [-0.4, -0.2) is 42.2 Å². The number of thioether (sulfide) groups is 1. The van der Waals surface area contributed by atoms with Gasteiger partial charge in [-0.15, -0.1) is 11.8 Å². The van der Waals surface area contributed by atoms with Gasteiger partial charge in [-0.25, -0.2) is 0 Å². The van der Waals surface area contributed by atoms with E-state index in [1.165, 1.54) is 11.8 Å². The van der Waals surface area contributed by atoms with E-state index in [0.717, 1.165) is 16.9 Å². The van der Waals surface area contributed by atoms with E-state index in [1.54, 1.807) is 31.1 Å². The van der Waals surface area contributed by atoms with Crippen LogP contribution in [0.1, 0.15) is 25.8 Å². The highest BCUT2D eigenvalue weighted by molar-refractivity contribution is 8.00. The van der Waals surface area contributed by atoms with Gasteiger partial charge in [-0.05, 0) is 55.3 Å². The van der Waals surface area contributed by atoms with Crippen molar-refractivity contribution in [3.63, 3.8) is 0 Å². The molecule has 2 aromatic rings. The first-order valence-corrected chi connectivity index (χ1v) is 10.9. The molecule has 1 N–H and O–H groups in total. The van der Waals surface area contributed by atoms with E-state index >= 15 is 0 Å². The lowest BCUT2D eigenvalue weighted by atomic mass is 10.1. The number of hydrogen-bond donors (Lipinski definition) is 1. The molecule has 0 aliphatic carbocycles. The number of hydrogen-bond acceptors (Lipinski definition) is 4. The number of rotatable bonds is 10. The van der Waals surface area contributed by atoms with Crippen LogP contribution in [-0.2, 0) is 16.1 Å². The molecule has 0 saturated carbocycles. The summed E-state index contributed by atoms with van der Waals surface area (Å²) in [6, 6.07) is 14.3. The van der Waals surface area contributed by atoms with Crippen molar-refractivity contribution in [1.29, 1.82) is 0 Å². The van der Waals surface area contributed by atoms with Gasteiger partial charge >= 0.3 is 0 Å². The van der Waals surface area contributed by atoms with E-state index in [1.807, 2.05) is 43.3 Å². The number of amides is 2. The average Bonchev–Trinajstić information content (AvgIpc) is 2.74. The van der Waals surface area contributed by atoms with Gasteiger partial charge in [-0.2, -0.15) is 0 Å². The number of benzene rings is 2. The summed E-state index contributed by atoms with van der Waals surface area (Å²) in [5.41, 5.74) is 0.907. The minimum Gasteiger partial charge on any atom is -0.497 e. The average molecular weight is 435 g/mol. The van der Waals surface area contributed by atoms with Crippen LogP contribution in [0, 0.1) is 0 Å². The van der Waals surface area contributed by atoms with Crippen LogP contribution in [0.15, 0.2) is 53.4 Å². The van der Waals surface area contributed by atoms with E-state index in [-0.39, 0.29) is 17.6 Å². The van der Waals surface area contributed by atoms with Gasteiger partial charge in [0, 0.05) is 23.0 Å². The second-order valence-corrected chi connectivity index (χ2v) is 8.07. The van der Waals surface area contributed by atoms with Gasteiger partial charge in [0.1, 0.15) is 11.8 Å². The number of nitrogens with one attached hydrogen (secondary N) is 1. The molecular weight excluding hydrogens is 408 g/mol. The van der Waals surface area contributed by atoms with Crippen LogP contribution in [0.4, 0.5) is 0 Å². The summed E-state index contributed by atoms with van der Waals surface area (Å²) in [5.74, 6) is 0.691. The Morgan fingerprint density at radius 1 is 1.21 bits per heavy atom. The standard InChI is InChI=1S/C22H27ClN2O3S/c1-4-12-24-22(27)16(2)25(14-17-6-5-7-19(13-17)28-3)21(26)15-29-20-10-8-18(23)9-11-20/h5-11,13,16H,4,12,14-15H2,1-3H3,(H,24,27)/t16-/m1/s1. The first-order chi connectivity index (χ1) is 13.9. The third-order valence-corrected chi connectivity index (χ3v) is 5.63. The van der Waals surface area contributed by atoms with Crippen molar-refractivity contribution in [3.8, 4) is 5.75 Å². The zero-order valence-corrected chi connectivity index (χ0v) is 18.6. The Hall–Kier alpha value is -2.18. The van der Waals surface area contributed by atoms with Gasteiger partial charge in [-0.3, -0.25) is 9.59 Å². The Balaban J connectivity index is 2.14. The molecule has 0 aromatic heterocycles. The highest BCUT2D eigenvalue weighted by Gasteiger charge is 2.26. The van der Waals surface area contributed by atoms with Gasteiger partial charge in [0.25, 0.3) is 0 Å². The number of nitrogens with zero attached hydrogens (tertiary/aromatic N) is 1. The largest absolute Gasteiger partial charge is 0.497 e. The van der Waals surface area contributed by atoms with Crippen molar-refractivity contribution >= 4 is 35.2 Å². The first-order valence-electron chi connectivity index (χ1n) is 9.53. The molecule has 0 saturated heterocycles. The number of carbonyl (C=O) groups excluding carboxylic acids is 2. The molecule has 1 atom stereocenters. The van der Waals surface area contributed by atoms with Crippen molar-refractivity contribution in [1.82, 2.24) is 10.2 Å². The molecule has 2 rings (SSSR count). The number of halogens is 1. The molecule has 7 heteroatoms. The molecule has 29 heavy (non-hydrogen) atoms. The van der Waals surface area contributed by atoms with E-state index in [4.69, 9.17) is 16.3 Å². The summed E-state index contributed by atoms with van der Waals surface area (Å²) in [7, 11) is 1.60. The lowest BCUT2D eigenvalue weighted by Crippen LogP contribution is -2.48. The molecule has 156 valence electrons.